The van der Waals surface area contributed by atoms with Crippen molar-refractivity contribution in [2.24, 2.45) is 0 Å². The number of aliphatic hydroxyl groups excluding tert-OH is 1. The standard InChI is InChI=1S/C8H10NO.K/c1-9-8-4-2-7(6-10)3-5-8;/h2-5,10H,6H2,1H3;/q-1;+1. The molecule has 0 bridgehead atoms. The van der Waals surface area contributed by atoms with E-state index < -0.39 is 0 Å². The van der Waals surface area contributed by atoms with Gasteiger partial charge in [0, 0.05) is 0 Å². The smallest absolute Gasteiger partial charge is 0.687 e. The van der Waals surface area contributed by atoms with E-state index in [1.807, 2.05) is 24.3 Å². The third-order valence-electron chi connectivity index (χ3n) is 1.38. The fraction of sp³-hybridized carbons (Fsp3) is 0.250. The molecule has 11 heavy (non-hydrogen) atoms. The van der Waals surface area contributed by atoms with Crippen molar-refractivity contribution in [3.8, 4) is 0 Å². The molecule has 2 nitrogen and oxygen atoms in total. The first-order valence-electron chi connectivity index (χ1n) is 3.16. The molecule has 0 aliphatic carbocycles. The molecule has 0 saturated heterocycles. The zero-order chi connectivity index (χ0) is 7.40. The van der Waals surface area contributed by atoms with Gasteiger partial charge in [-0.3, -0.25) is 0 Å². The predicted octanol–water partition coefficient (Wildman–Crippen LogP) is -1.18. The third-order valence-corrected chi connectivity index (χ3v) is 1.38. The zero-order valence-corrected chi connectivity index (χ0v) is 10.0. The number of aliphatic hydroxyl groups is 1. The first kappa shape index (κ1) is 11.6. The average molecular weight is 175 g/mol. The van der Waals surface area contributed by atoms with Gasteiger partial charge in [0.05, 0.1) is 6.61 Å². The summed E-state index contributed by atoms with van der Waals surface area (Å²) >= 11 is 0. The largest absolute Gasteiger partial charge is 1.00 e. The van der Waals surface area contributed by atoms with Crippen LogP contribution in [0, 0.1) is 0 Å². The van der Waals surface area contributed by atoms with E-state index in [1.165, 1.54) is 0 Å². The molecule has 0 aromatic heterocycles. The van der Waals surface area contributed by atoms with E-state index >= 15 is 0 Å². The Morgan fingerprint density at radius 3 is 2.18 bits per heavy atom. The summed E-state index contributed by atoms with van der Waals surface area (Å²) in [5.74, 6) is 0. The van der Waals surface area contributed by atoms with Crippen molar-refractivity contribution in [3.63, 3.8) is 0 Å². The van der Waals surface area contributed by atoms with Gasteiger partial charge < -0.3 is 10.4 Å². The molecule has 0 amide bonds. The van der Waals surface area contributed by atoms with Gasteiger partial charge in [-0.15, -0.1) is 12.7 Å². The molecule has 0 spiro atoms. The molecule has 0 saturated carbocycles. The Bertz CT molecular complexity index is 175. The van der Waals surface area contributed by atoms with Gasteiger partial charge >= 0.3 is 51.4 Å². The van der Waals surface area contributed by atoms with E-state index in [-0.39, 0.29) is 58.0 Å². The molecular weight excluding hydrogens is 165 g/mol. The van der Waals surface area contributed by atoms with Crippen LogP contribution in [0.1, 0.15) is 5.56 Å². The summed E-state index contributed by atoms with van der Waals surface area (Å²) in [5, 5.41) is 12.6. The Hall–Kier alpha value is 0.616. The van der Waals surface area contributed by atoms with Crippen LogP contribution in [0.2, 0.25) is 0 Å². The second kappa shape index (κ2) is 6.17. The minimum atomic E-state index is 0. The normalized spacial score (nSPS) is 8.55. The topological polar surface area (TPSA) is 34.3 Å². The van der Waals surface area contributed by atoms with Crippen LogP contribution in [0.3, 0.4) is 0 Å². The molecule has 0 atom stereocenters. The Labute approximate surface area is 109 Å². The van der Waals surface area contributed by atoms with Crippen LogP contribution in [-0.4, -0.2) is 12.2 Å². The number of benzene rings is 1. The molecule has 0 aliphatic rings. The van der Waals surface area contributed by atoms with Crippen molar-refractivity contribution in [2.75, 3.05) is 7.05 Å². The van der Waals surface area contributed by atoms with Crippen molar-refractivity contribution in [2.45, 2.75) is 6.61 Å². The number of hydrogen-bond donors (Lipinski definition) is 1. The molecule has 0 radical (unpaired) electrons. The molecule has 0 unspecified atom stereocenters. The number of nitrogens with zero attached hydrogens (tertiary/aromatic N) is 1. The summed E-state index contributed by atoms with van der Waals surface area (Å²) < 4.78 is 0. The molecule has 1 aromatic rings. The van der Waals surface area contributed by atoms with Crippen molar-refractivity contribution in [3.05, 3.63) is 35.1 Å². The Morgan fingerprint density at radius 2 is 1.82 bits per heavy atom. The maximum absolute atomic E-state index is 8.67. The van der Waals surface area contributed by atoms with Gasteiger partial charge in [0.15, 0.2) is 0 Å². The van der Waals surface area contributed by atoms with Gasteiger partial charge in [-0.1, -0.05) is 24.3 Å². The van der Waals surface area contributed by atoms with Gasteiger partial charge in [-0.2, -0.15) is 0 Å². The van der Waals surface area contributed by atoms with Crippen molar-refractivity contribution < 1.29 is 56.5 Å². The molecule has 1 aromatic carbocycles. The molecule has 1 N–H and O–H groups in total. The molecule has 3 heteroatoms. The van der Waals surface area contributed by atoms with E-state index in [9.17, 15) is 0 Å². The summed E-state index contributed by atoms with van der Waals surface area (Å²) in [6, 6.07) is 7.49. The van der Waals surface area contributed by atoms with E-state index in [2.05, 4.69) is 5.32 Å². The van der Waals surface area contributed by atoms with Crippen molar-refractivity contribution in [1.82, 2.24) is 0 Å². The number of hydrogen-bond acceptors (Lipinski definition) is 1. The van der Waals surface area contributed by atoms with Crippen LogP contribution in [0.4, 0.5) is 5.69 Å². The summed E-state index contributed by atoms with van der Waals surface area (Å²) in [6.07, 6.45) is 0. The van der Waals surface area contributed by atoms with Crippen LogP contribution >= 0.6 is 0 Å². The monoisotopic (exact) mass is 175 g/mol. The van der Waals surface area contributed by atoms with E-state index in [0.29, 0.717) is 0 Å². The van der Waals surface area contributed by atoms with Crippen molar-refractivity contribution in [1.29, 1.82) is 0 Å². The fourth-order valence-corrected chi connectivity index (χ4v) is 0.750. The van der Waals surface area contributed by atoms with Crippen LogP contribution in [0.25, 0.3) is 5.32 Å². The first-order chi connectivity index (χ1) is 4.86. The predicted molar refractivity (Wildman–Crippen MR) is 41.3 cm³/mol. The summed E-state index contributed by atoms with van der Waals surface area (Å²) in [6.45, 7) is 0.101. The van der Waals surface area contributed by atoms with E-state index in [1.54, 1.807) is 7.05 Å². The molecule has 0 heterocycles. The summed E-state index contributed by atoms with van der Waals surface area (Å²) in [5.41, 5.74) is 1.87. The maximum atomic E-state index is 8.67. The second-order valence-electron chi connectivity index (χ2n) is 2.05. The molecule has 0 aliphatic heterocycles. The first-order valence-corrected chi connectivity index (χ1v) is 3.16. The molecule has 54 valence electrons. The minimum Gasteiger partial charge on any atom is -0.687 e. The third kappa shape index (κ3) is 3.69. The number of rotatable bonds is 2. The summed E-state index contributed by atoms with van der Waals surface area (Å²) in [7, 11) is 1.74. The zero-order valence-electron chi connectivity index (χ0n) is 6.91. The SMILES string of the molecule is C[N-]c1ccc(CO)cc1.[K+]. The quantitative estimate of drug-likeness (QED) is 0.564. The average Bonchev–Trinajstić information content (AvgIpc) is 2.05. The van der Waals surface area contributed by atoms with Crippen LogP contribution in [0.15, 0.2) is 24.3 Å². The fourth-order valence-electron chi connectivity index (χ4n) is 0.750. The van der Waals surface area contributed by atoms with Crippen LogP contribution < -0.4 is 51.4 Å². The van der Waals surface area contributed by atoms with Gasteiger partial charge in [0.1, 0.15) is 0 Å². The van der Waals surface area contributed by atoms with Gasteiger partial charge in [-0.25, -0.2) is 0 Å². The van der Waals surface area contributed by atoms with Gasteiger partial charge in [0.25, 0.3) is 0 Å². The van der Waals surface area contributed by atoms with E-state index in [4.69, 9.17) is 5.11 Å². The van der Waals surface area contributed by atoms with Crippen molar-refractivity contribution >= 4 is 5.69 Å². The van der Waals surface area contributed by atoms with Gasteiger partial charge in [-0.05, 0) is 5.56 Å². The molecular formula is C8H10KNO. The Morgan fingerprint density at radius 1 is 1.27 bits per heavy atom. The van der Waals surface area contributed by atoms with Gasteiger partial charge in [0.2, 0.25) is 0 Å². The second-order valence-corrected chi connectivity index (χ2v) is 2.05. The Kier molecular flexibility index (Phi) is 6.51. The maximum Gasteiger partial charge on any atom is 1.00 e. The Balaban J connectivity index is 0.000001000. The molecule has 0 fully saturated rings. The van der Waals surface area contributed by atoms with E-state index in [0.717, 1.165) is 11.3 Å². The van der Waals surface area contributed by atoms with Crippen LogP contribution in [0.5, 0.6) is 0 Å². The molecule has 1 rings (SSSR count). The summed E-state index contributed by atoms with van der Waals surface area (Å²) in [4.78, 5) is 0. The van der Waals surface area contributed by atoms with Crippen LogP contribution in [-0.2, 0) is 6.61 Å². The minimum absolute atomic E-state index is 0.